The van der Waals surface area contributed by atoms with Gasteiger partial charge in [-0.25, -0.2) is 0 Å². The summed E-state index contributed by atoms with van der Waals surface area (Å²) < 4.78 is 1.19. The molecule has 4 nitrogen and oxygen atoms in total. The average molecular weight is 273 g/mol. The number of nitrogens with two attached hydrogens (primary N) is 1. The van der Waals surface area contributed by atoms with Crippen molar-refractivity contribution in [2.45, 2.75) is 11.8 Å². The Kier molecular flexibility index (Phi) is 4.06. The number of aryl methyl sites for hydroxylation is 1. The van der Waals surface area contributed by atoms with Crippen molar-refractivity contribution in [2.75, 3.05) is 12.0 Å². The van der Waals surface area contributed by atoms with E-state index in [9.17, 15) is 4.79 Å². The van der Waals surface area contributed by atoms with Crippen molar-refractivity contribution in [1.82, 2.24) is 4.68 Å². The second kappa shape index (κ2) is 5.75. The number of hydrogen-bond donors (Lipinski definition) is 1. The van der Waals surface area contributed by atoms with E-state index in [0.29, 0.717) is 5.82 Å². The summed E-state index contributed by atoms with van der Waals surface area (Å²) in [5.74, 6) is 0.335. The Morgan fingerprint density at radius 1 is 1.26 bits per heavy atom. The van der Waals surface area contributed by atoms with Crippen molar-refractivity contribution in [3.05, 3.63) is 57.9 Å². The average Bonchev–Trinajstić information content (AvgIpc) is 2.38. The number of aromatic nitrogens is 1. The normalized spacial score (nSPS) is 11.1. The molecule has 0 aliphatic heterocycles. The van der Waals surface area contributed by atoms with Crippen LogP contribution in [0.5, 0.6) is 0 Å². The molecule has 2 N–H and O–H groups in total. The van der Waals surface area contributed by atoms with Gasteiger partial charge in [0, 0.05) is 11.0 Å². The topological polar surface area (TPSA) is 60.4 Å². The Morgan fingerprint density at radius 2 is 1.95 bits per heavy atom. The zero-order valence-electron chi connectivity index (χ0n) is 10.8. The highest BCUT2D eigenvalue weighted by Gasteiger charge is 1.99. The van der Waals surface area contributed by atoms with E-state index in [2.05, 4.69) is 5.10 Å². The molecule has 0 radical (unpaired) electrons. The molecule has 0 aliphatic rings. The molecule has 1 heterocycles. The minimum absolute atomic E-state index is 0.227. The van der Waals surface area contributed by atoms with Gasteiger partial charge in [-0.3, -0.25) is 4.79 Å². The molecule has 0 aliphatic carbocycles. The van der Waals surface area contributed by atoms with Gasteiger partial charge in [0.05, 0.1) is 6.21 Å². The monoisotopic (exact) mass is 273 g/mol. The van der Waals surface area contributed by atoms with E-state index in [4.69, 9.17) is 5.73 Å². The maximum absolute atomic E-state index is 11.7. The first kappa shape index (κ1) is 13.4. The summed E-state index contributed by atoms with van der Waals surface area (Å²) in [5, 5.41) is 4.12. The highest BCUT2D eigenvalue weighted by atomic mass is 32.2. The van der Waals surface area contributed by atoms with Gasteiger partial charge in [-0.05, 0) is 42.5 Å². The first-order valence-corrected chi connectivity index (χ1v) is 7.00. The lowest BCUT2D eigenvalue weighted by Crippen LogP contribution is -2.19. The summed E-state index contributed by atoms with van der Waals surface area (Å²) in [5.41, 5.74) is 7.30. The maximum Gasteiger partial charge on any atom is 0.273 e. The number of anilines is 1. The first-order valence-electron chi connectivity index (χ1n) is 5.78. The first-order chi connectivity index (χ1) is 9.10. The zero-order valence-corrected chi connectivity index (χ0v) is 11.6. The van der Waals surface area contributed by atoms with Crippen molar-refractivity contribution in [2.24, 2.45) is 5.10 Å². The van der Waals surface area contributed by atoms with E-state index < -0.39 is 0 Å². The van der Waals surface area contributed by atoms with Gasteiger partial charge in [0.15, 0.2) is 0 Å². The van der Waals surface area contributed by atoms with Crippen LogP contribution in [0, 0.1) is 6.92 Å². The van der Waals surface area contributed by atoms with Crippen LogP contribution in [0.25, 0.3) is 0 Å². The van der Waals surface area contributed by atoms with E-state index in [-0.39, 0.29) is 5.56 Å². The summed E-state index contributed by atoms with van der Waals surface area (Å²) >= 11 is 1.68. The Labute approximate surface area is 116 Å². The largest absolute Gasteiger partial charge is 0.384 e. The fraction of sp³-hybridized carbons (Fsp3) is 0.143. The van der Waals surface area contributed by atoms with Crippen LogP contribution < -0.4 is 11.3 Å². The van der Waals surface area contributed by atoms with Crippen LogP contribution in [0.4, 0.5) is 5.82 Å². The van der Waals surface area contributed by atoms with E-state index in [1.165, 1.54) is 15.6 Å². The lowest BCUT2D eigenvalue weighted by atomic mass is 10.2. The second-order valence-corrected chi connectivity index (χ2v) is 5.00. The van der Waals surface area contributed by atoms with Crippen molar-refractivity contribution in [3.8, 4) is 0 Å². The Morgan fingerprint density at radius 3 is 2.53 bits per heavy atom. The highest BCUT2D eigenvalue weighted by molar-refractivity contribution is 7.98. The van der Waals surface area contributed by atoms with Crippen LogP contribution in [0.3, 0.4) is 0 Å². The van der Waals surface area contributed by atoms with Crippen LogP contribution in [0.1, 0.15) is 11.1 Å². The predicted molar refractivity (Wildman–Crippen MR) is 81.1 cm³/mol. The SMILES string of the molecule is CSc1ccc(/C=N\n2c(N)cc(C)cc2=O)cc1. The third-order valence-corrected chi connectivity index (χ3v) is 3.36. The second-order valence-electron chi connectivity index (χ2n) is 4.13. The molecular weight excluding hydrogens is 258 g/mol. The van der Waals surface area contributed by atoms with E-state index in [0.717, 1.165) is 11.1 Å². The Balaban J connectivity index is 2.29. The molecule has 2 rings (SSSR count). The summed E-state index contributed by atoms with van der Waals surface area (Å²) in [6, 6.07) is 11.1. The molecular formula is C14H15N3OS. The molecule has 0 bridgehead atoms. The number of hydrogen-bond acceptors (Lipinski definition) is 4. The van der Waals surface area contributed by atoms with Gasteiger partial charge in [0.25, 0.3) is 5.56 Å². The van der Waals surface area contributed by atoms with Gasteiger partial charge < -0.3 is 5.73 Å². The molecule has 0 saturated carbocycles. The number of benzene rings is 1. The van der Waals surface area contributed by atoms with Gasteiger partial charge in [-0.1, -0.05) is 12.1 Å². The van der Waals surface area contributed by atoms with Crippen molar-refractivity contribution >= 4 is 23.8 Å². The Bertz CT molecular complexity index is 659. The molecule has 2 aromatic rings. The number of rotatable bonds is 3. The molecule has 0 amide bonds. The molecule has 19 heavy (non-hydrogen) atoms. The fourth-order valence-electron chi connectivity index (χ4n) is 1.66. The number of nitrogen functional groups attached to an aromatic ring is 1. The van der Waals surface area contributed by atoms with Crippen LogP contribution in [0.15, 0.2) is 51.2 Å². The third-order valence-electron chi connectivity index (χ3n) is 2.62. The molecule has 5 heteroatoms. The summed E-state index contributed by atoms with van der Waals surface area (Å²) in [6.07, 6.45) is 3.65. The number of nitrogens with zero attached hydrogens (tertiary/aromatic N) is 2. The molecule has 1 aromatic heterocycles. The van der Waals surface area contributed by atoms with Gasteiger partial charge in [-0.15, -0.1) is 11.8 Å². The maximum atomic E-state index is 11.7. The van der Waals surface area contributed by atoms with Crippen molar-refractivity contribution in [3.63, 3.8) is 0 Å². The van der Waals surface area contributed by atoms with Crippen LogP contribution in [-0.4, -0.2) is 17.1 Å². The van der Waals surface area contributed by atoms with Crippen LogP contribution in [0.2, 0.25) is 0 Å². The minimum Gasteiger partial charge on any atom is -0.384 e. The van der Waals surface area contributed by atoms with Crippen LogP contribution in [-0.2, 0) is 0 Å². The fourth-order valence-corrected chi connectivity index (χ4v) is 2.07. The lowest BCUT2D eigenvalue weighted by Gasteiger charge is -2.03. The van der Waals surface area contributed by atoms with Gasteiger partial charge >= 0.3 is 0 Å². The zero-order chi connectivity index (χ0) is 13.8. The third kappa shape index (κ3) is 3.26. The van der Waals surface area contributed by atoms with Crippen molar-refractivity contribution in [1.29, 1.82) is 0 Å². The smallest absolute Gasteiger partial charge is 0.273 e. The van der Waals surface area contributed by atoms with Crippen molar-refractivity contribution < 1.29 is 0 Å². The number of thioether (sulfide) groups is 1. The number of pyridine rings is 1. The van der Waals surface area contributed by atoms with Crippen LogP contribution >= 0.6 is 11.8 Å². The molecule has 0 spiro atoms. The van der Waals surface area contributed by atoms with Gasteiger partial charge in [0.2, 0.25) is 0 Å². The standard InChI is InChI=1S/C14H15N3OS/c1-10-7-13(15)17(14(18)8-10)16-9-11-3-5-12(19-2)6-4-11/h3-9H,15H2,1-2H3/b16-9-. The lowest BCUT2D eigenvalue weighted by molar-refractivity contribution is 0.843. The molecule has 0 fully saturated rings. The molecule has 1 aromatic carbocycles. The van der Waals surface area contributed by atoms with E-state index in [1.807, 2.05) is 37.4 Å². The van der Waals surface area contributed by atoms with Gasteiger partial charge in [0.1, 0.15) is 5.82 Å². The molecule has 0 saturated heterocycles. The van der Waals surface area contributed by atoms with E-state index in [1.54, 1.807) is 24.0 Å². The summed E-state index contributed by atoms with van der Waals surface area (Å²) in [7, 11) is 0. The molecule has 0 atom stereocenters. The Hall–Kier alpha value is -2.01. The molecule has 98 valence electrons. The minimum atomic E-state index is -0.227. The summed E-state index contributed by atoms with van der Waals surface area (Å²) in [6.45, 7) is 1.83. The highest BCUT2D eigenvalue weighted by Crippen LogP contribution is 2.14. The van der Waals surface area contributed by atoms with E-state index >= 15 is 0 Å². The van der Waals surface area contributed by atoms with Gasteiger partial charge in [-0.2, -0.15) is 9.78 Å². The molecule has 0 unspecified atom stereocenters. The summed E-state index contributed by atoms with van der Waals surface area (Å²) in [4.78, 5) is 12.9. The predicted octanol–water partition coefficient (Wildman–Crippen LogP) is 2.34. The quantitative estimate of drug-likeness (QED) is 0.689.